The summed E-state index contributed by atoms with van der Waals surface area (Å²) in [5, 5.41) is 3.14. The number of benzene rings is 1. The minimum Gasteiger partial charge on any atom is -0.334 e. The van der Waals surface area contributed by atoms with E-state index in [4.69, 9.17) is 0 Å². The van der Waals surface area contributed by atoms with Crippen LogP contribution in [0, 0.1) is 0 Å². The third-order valence-electron chi connectivity index (χ3n) is 5.66. The van der Waals surface area contributed by atoms with Crippen molar-refractivity contribution in [2.75, 3.05) is 18.4 Å². The molecule has 3 heterocycles. The lowest BCUT2D eigenvalue weighted by Gasteiger charge is -2.19. The van der Waals surface area contributed by atoms with Crippen molar-refractivity contribution in [2.45, 2.75) is 57.9 Å². The third kappa shape index (κ3) is 3.79. The number of amides is 2. The molecule has 7 nitrogen and oxygen atoms in total. The second-order valence-corrected chi connectivity index (χ2v) is 7.69. The standard InChI is InChI=1S/C21H26N4O3/c26-19(21(28)24-11-5-1-2-6-12-24)22-15-9-10-17-16(14-15)20(27)25-13-7-3-4-8-18(25)23-17/h9-10,14H,1-8,11-13H2,(H,22,26). The van der Waals surface area contributed by atoms with Gasteiger partial charge in [0.1, 0.15) is 5.82 Å². The molecule has 0 atom stereocenters. The fourth-order valence-corrected chi connectivity index (χ4v) is 4.10. The summed E-state index contributed by atoms with van der Waals surface area (Å²) in [4.78, 5) is 44.1. The smallest absolute Gasteiger partial charge is 0.313 e. The lowest BCUT2D eigenvalue weighted by Crippen LogP contribution is -2.40. The van der Waals surface area contributed by atoms with Gasteiger partial charge in [-0.1, -0.05) is 19.3 Å². The number of anilines is 1. The first-order valence-corrected chi connectivity index (χ1v) is 10.3. The van der Waals surface area contributed by atoms with Crippen LogP contribution in [-0.4, -0.2) is 39.4 Å². The van der Waals surface area contributed by atoms with Gasteiger partial charge in [0.2, 0.25) is 0 Å². The summed E-state index contributed by atoms with van der Waals surface area (Å²) < 4.78 is 1.75. The molecule has 4 rings (SSSR count). The van der Waals surface area contributed by atoms with E-state index in [0.29, 0.717) is 36.2 Å². The zero-order chi connectivity index (χ0) is 19.5. The molecule has 28 heavy (non-hydrogen) atoms. The maximum Gasteiger partial charge on any atom is 0.313 e. The molecule has 7 heteroatoms. The van der Waals surface area contributed by atoms with Crippen LogP contribution in [-0.2, 0) is 22.6 Å². The minimum atomic E-state index is -0.649. The quantitative estimate of drug-likeness (QED) is 0.768. The number of aryl methyl sites for hydroxylation is 1. The molecule has 0 spiro atoms. The van der Waals surface area contributed by atoms with Gasteiger partial charge < -0.3 is 10.2 Å². The van der Waals surface area contributed by atoms with Crippen molar-refractivity contribution in [3.8, 4) is 0 Å². The van der Waals surface area contributed by atoms with Crippen molar-refractivity contribution < 1.29 is 9.59 Å². The number of carbonyl (C=O) groups excluding carboxylic acids is 2. The molecular formula is C21H26N4O3. The summed E-state index contributed by atoms with van der Waals surface area (Å²) in [5.74, 6) is -0.314. The molecule has 0 aliphatic carbocycles. The van der Waals surface area contributed by atoms with Crippen molar-refractivity contribution in [3.05, 3.63) is 34.4 Å². The summed E-state index contributed by atoms with van der Waals surface area (Å²) in [6.07, 6.45) is 7.98. The first-order valence-electron chi connectivity index (χ1n) is 10.3. The van der Waals surface area contributed by atoms with E-state index in [9.17, 15) is 14.4 Å². The van der Waals surface area contributed by atoms with E-state index >= 15 is 0 Å². The largest absolute Gasteiger partial charge is 0.334 e. The highest BCUT2D eigenvalue weighted by atomic mass is 16.2. The van der Waals surface area contributed by atoms with Crippen LogP contribution in [0.25, 0.3) is 10.9 Å². The van der Waals surface area contributed by atoms with Gasteiger partial charge in [0.25, 0.3) is 5.56 Å². The Morgan fingerprint density at radius 2 is 1.64 bits per heavy atom. The summed E-state index contributed by atoms with van der Waals surface area (Å²) in [5.41, 5.74) is 1.01. The van der Waals surface area contributed by atoms with Gasteiger partial charge in [-0.05, 0) is 43.9 Å². The Bertz CT molecular complexity index is 958. The second-order valence-electron chi connectivity index (χ2n) is 7.69. The normalized spacial score (nSPS) is 17.5. The molecule has 0 bridgehead atoms. The Labute approximate surface area is 163 Å². The van der Waals surface area contributed by atoms with Crippen LogP contribution >= 0.6 is 0 Å². The average molecular weight is 382 g/mol. The first-order chi connectivity index (χ1) is 13.6. The van der Waals surface area contributed by atoms with Crippen LogP contribution in [0.1, 0.15) is 50.8 Å². The lowest BCUT2D eigenvalue weighted by atomic mass is 10.2. The number of hydrogen-bond acceptors (Lipinski definition) is 4. The Kier molecular flexibility index (Phi) is 5.41. The highest BCUT2D eigenvalue weighted by Crippen LogP contribution is 2.19. The highest BCUT2D eigenvalue weighted by molar-refractivity contribution is 6.39. The molecule has 2 aliphatic heterocycles. The molecule has 1 fully saturated rings. The molecule has 1 N–H and O–H groups in total. The number of carbonyl (C=O) groups is 2. The van der Waals surface area contributed by atoms with Crippen molar-refractivity contribution in [1.82, 2.24) is 14.5 Å². The molecule has 1 aromatic carbocycles. The minimum absolute atomic E-state index is 0.0724. The zero-order valence-corrected chi connectivity index (χ0v) is 16.1. The van der Waals surface area contributed by atoms with Crippen molar-refractivity contribution in [2.24, 2.45) is 0 Å². The molecule has 148 valence electrons. The number of likely N-dealkylation sites (tertiary alicyclic amines) is 1. The van der Waals surface area contributed by atoms with E-state index in [0.717, 1.165) is 57.2 Å². The molecule has 1 saturated heterocycles. The number of fused-ring (bicyclic) bond motifs is 2. The van der Waals surface area contributed by atoms with E-state index in [1.54, 1.807) is 27.7 Å². The predicted octanol–water partition coefficient (Wildman–Crippen LogP) is 2.46. The molecule has 2 amide bonds. The molecule has 2 aromatic rings. The van der Waals surface area contributed by atoms with Gasteiger partial charge in [0.15, 0.2) is 0 Å². The van der Waals surface area contributed by atoms with Crippen LogP contribution in [0.2, 0.25) is 0 Å². The van der Waals surface area contributed by atoms with Gasteiger partial charge in [0, 0.05) is 31.7 Å². The van der Waals surface area contributed by atoms with Crippen LogP contribution in [0.3, 0.4) is 0 Å². The number of nitrogens with zero attached hydrogens (tertiary/aromatic N) is 3. The van der Waals surface area contributed by atoms with Gasteiger partial charge >= 0.3 is 11.8 Å². The fourth-order valence-electron chi connectivity index (χ4n) is 4.10. The Morgan fingerprint density at radius 1 is 0.929 bits per heavy atom. The summed E-state index contributed by atoms with van der Waals surface area (Å²) in [7, 11) is 0. The van der Waals surface area contributed by atoms with Crippen molar-refractivity contribution in [1.29, 1.82) is 0 Å². The van der Waals surface area contributed by atoms with Crippen LogP contribution in [0.4, 0.5) is 5.69 Å². The maximum atomic E-state index is 12.9. The fraction of sp³-hybridized carbons (Fsp3) is 0.524. The SMILES string of the molecule is O=C(Nc1ccc2nc3n(c(=O)c2c1)CCCCC3)C(=O)N1CCCCCC1. The summed E-state index contributed by atoms with van der Waals surface area (Å²) in [6, 6.07) is 5.08. The maximum absolute atomic E-state index is 12.9. The number of hydrogen-bond donors (Lipinski definition) is 1. The van der Waals surface area contributed by atoms with Gasteiger partial charge in [-0.25, -0.2) is 4.98 Å². The van der Waals surface area contributed by atoms with Crippen molar-refractivity contribution >= 4 is 28.4 Å². The molecule has 1 aromatic heterocycles. The third-order valence-corrected chi connectivity index (χ3v) is 5.66. The van der Waals surface area contributed by atoms with Gasteiger partial charge in [0.05, 0.1) is 10.9 Å². The van der Waals surface area contributed by atoms with Crippen LogP contribution < -0.4 is 10.9 Å². The van der Waals surface area contributed by atoms with E-state index in [-0.39, 0.29) is 5.56 Å². The summed E-state index contributed by atoms with van der Waals surface area (Å²) >= 11 is 0. The van der Waals surface area contributed by atoms with Crippen molar-refractivity contribution in [3.63, 3.8) is 0 Å². The number of rotatable bonds is 1. The molecule has 0 radical (unpaired) electrons. The first kappa shape index (κ1) is 18.7. The Morgan fingerprint density at radius 3 is 2.43 bits per heavy atom. The van der Waals surface area contributed by atoms with Gasteiger partial charge in [-0.3, -0.25) is 19.0 Å². The topological polar surface area (TPSA) is 84.3 Å². The number of aromatic nitrogens is 2. The van der Waals surface area contributed by atoms with E-state index in [1.807, 2.05) is 0 Å². The molecular weight excluding hydrogens is 356 g/mol. The van der Waals surface area contributed by atoms with Crippen LogP contribution in [0.15, 0.2) is 23.0 Å². The zero-order valence-electron chi connectivity index (χ0n) is 16.1. The Hall–Kier alpha value is -2.70. The monoisotopic (exact) mass is 382 g/mol. The average Bonchev–Trinajstić information content (AvgIpc) is 3.11. The second kappa shape index (κ2) is 8.12. The van der Waals surface area contributed by atoms with Crippen LogP contribution in [0.5, 0.6) is 0 Å². The highest BCUT2D eigenvalue weighted by Gasteiger charge is 2.23. The van der Waals surface area contributed by atoms with E-state index < -0.39 is 11.8 Å². The van der Waals surface area contributed by atoms with E-state index in [2.05, 4.69) is 10.3 Å². The van der Waals surface area contributed by atoms with Gasteiger partial charge in [-0.15, -0.1) is 0 Å². The molecule has 2 aliphatic rings. The lowest BCUT2D eigenvalue weighted by molar-refractivity contribution is -0.143. The van der Waals surface area contributed by atoms with Gasteiger partial charge in [-0.2, -0.15) is 0 Å². The molecule has 0 unspecified atom stereocenters. The Balaban J connectivity index is 1.57. The van der Waals surface area contributed by atoms with E-state index in [1.165, 1.54) is 0 Å². The summed E-state index contributed by atoms with van der Waals surface area (Å²) in [6.45, 7) is 1.93. The molecule has 0 saturated carbocycles. The predicted molar refractivity (Wildman–Crippen MR) is 107 cm³/mol. The number of nitrogens with one attached hydrogen (secondary N) is 1.